The lowest BCUT2D eigenvalue weighted by molar-refractivity contribution is 0.0689. The maximum Gasteiger partial charge on any atom is 0.254 e. The highest BCUT2D eigenvalue weighted by Gasteiger charge is 2.26. The van der Waals surface area contributed by atoms with Gasteiger partial charge in [0, 0.05) is 18.7 Å². The molecule has 1 fully saturated rings. The van der Waals surface area contributed by atoms with Crippen LogP contribution in [-0.2, 0) is 6.42 Å². The van der Waals surface area contributed by atoms with Gasteiger partial charge in [-0.3, -0.25) is 4.79 Å². The molecule has 0 aliphatic carbocycles. The largest absolute Gasteiger partial charge is 0.493 e. The van der Waals surface area contributed by atoms with Crippen LogP contribution in [0.4, 0.5) is 0 Å². The van der Waals surface area contributed by atoms with Gasteiger partial charge in [0.15, 0.2) is 11.5 Å². The first-order chi connectivity index (χ1) is 16.1. The summed E-state index contributed by atoms with van der Waals surface area (Å²) in [5.74, 6) is 2.06. The first-order valence-electron chi connectivity index (χ1n) is 11.4. The van der Waals surface area contributed by atoms with Crippen LogP contribution in [0.15, 0.2) is 66.7 Å². The summed E-state index contributed by atoms with van der Waals surface area (Å²) >= 11 is 0. The fourth-order valence-electron chi connectivity index (χ4n) is 4.52. The molecular formula is C28H31NO4. The molecule has 0 radical (unpaired) electrons. The third-order valence-corrected chi connectivity index (χ3v) is 6.40. The molecule has 1 aliphatic heterocycles. The highest BCUT2D eigenvalue weighted by molar-refractivity contribution is 5.95. The predicted molar refractivity (Wildman–Crippen MR) is 130 cm³/mol. The monoisotopic (exact) mass is 445 g/mol. The van der Waals surface area contributed by atoms with Gasteiger partial charge in [0.2, 0.25) is 5.75 Å². The van der Waals surface area contributed by atoms with Gasteiger partial charge in [0.05, 0.1) is 21.3 Å². The van der Waals surface area contributed by atoms with Crippen LogP contribution in [0.25, 0.3) is 11.1 Å². The van der Waals surface area contributed by atoms with Crippen LogP contribution in [0.5, 0.6) is 17.2 Å². The maximum absolute atomic E-state index is 13.1. The number of benzene rings is 3. The number of piperidine rings is 1. The van der Waals surface area contributed by atoms with Crippen molar-refractivity contribution in [3.63, 3.8) is 0 Å². The number of nitrogens with zero attached hydrogens (tertiary/aromatic N) is 1. The molecule has 4 rings (SSSR count). The molecule has 0 atom stereocenters. The smallest absolute Gasteiger partial charge is 0.254 e. The fourth-order valence-corrected chi connectivity index (χ4v) is 4.52. The molecule has 0 bridgehead atoms. The second-order valence-electron chi connectivity index (χ2n) is 8.42. The number of amides is 1. The second kappa shape index (κ2) is 10.4. The van der Waals surface area contributed by atoms with Crippen molar-refractivity contribution in [2.75, 3.05) is 34.4 Å². The number of rotatable bonds is 7. The van der Waals surface area contributed by atoms with Crippen molar-refractivity contribution < 1.29 is 19.0 Å². The summed E-state index contributed by atoms with van der Waals surface area (Å²) in [6.45, 7) is 1.50. The number of methoxy groups -OCH3 is 3. The number of carbonyl (C=O) groups is 1. The Kier molecular flexibility index (Phi) is 7.18. The Hall–Kier alpha value is -3.47. The van der Waals surface area contributed by atoms with E-state index in [0.717, 1.165) is 32.4 Å². The first kappa shape index (κ1) is 22.7. The van der Waals surface area contributed by atoms with Gasteiger partial charge in [-0.1, -0.05) is 54.6 Å². The lowest BCUT2D eigenvalue weighted by Gasteiger charge is -2.32. The Morgan fingerprint density at radius 1 is 0.818 bits per heavy atom. The summed E-state index contributed by atoms with van der Waals surface area (Å²) < 4.78 is 16.2. The van der Waals surface area contributed by atoms with E-state index in [1.165, 1.54) is 16.7 Å². The molecule has 1 aliphatic rings. The first-order valence-corrected chi connectivity index (χ1v) is 11.4. The summed E-state index contributed by atoms with van der Waals surface area (Å²) in [6, 6.07) is 22.8. The van der Waals surface area contributed by atoms with Gasteiger partial charge in [-0.25, -0.2) is 0 Å². The normalized spacial score (nSPS) is 14.1. The van der Waals surface area contributed by atoms with E-state index in [4.69, 9.17) is 14.2 Å². The van der Waals surface area contributed by atoms with E-state index < -0.39 is 0 Å². The summed E-state index contributed by atoms with van der Waals surface area (Å²) in [5.41, 5.74) is 4.39. The molecule has 1 amide bonds. The van der Waals surface area contributed by atoms with Crippen LogP contribution in [0.2, 0.25) is 0 Å². The quantitative estimate of drug-likeness (QED) is 0.484. The third kappa shape index (κ3) is 5.14. The molecule has 0 unspecified atom stereocenters. The van der Waals surface area contributed by atoms with Crippen molar-refractivity contribution in [2.45, 2.75) is 19.3 Å². The fraction of sp³-hybridized carbons (Fsp3) is 0.321. The van der Waals surface area contributed by atoms with E-state index in [0.29, 0.717) is 28.7 Å². The van der Waals surface area contributed by atoms with Crippen molar-refractivity contribution in [3.8, 4) is 28.4 Å². The number of likely N-dealkylation sites (tertiary alicyclic amines) is 1. The molecule has 1 heterocycles. The van der Waals surface area contributed by atoms with E-state index >= 15 is 0 Å². The molecule has 1 saturated heterocycles. The van der Waals surface area contributed by atoms with Crippen molar-refractivity contribution in [2.24, 2.45) is 5.92 Å². The number of ether oxygens (including phenoxy) is 3. The number of carbonyl (C=O) groups excluding carboxylic acids is 1. The Labute approximate surface area is 195 Å². The van der Waals surface area contributed by atoms with E-state index in [2.05, 4.69) is 48.5 Å². The Morgan fingerprint density at radius 2 is 1.39 bits per heavy atom. The number of hydrogen-bond donors (Lipinski definition) is 0. The van der Waals surface area contributed by atoms with Gasteiger partial charge in [0.25, 0.3) is 5.91 Å². The molecule has 0 saturated carbocycles. The number of hydrogen-bond acceptors (Lipinski definition) is 4. The maximum atomic E-state index is 13.1. The van der Waals surface area contributed by atoms with Crippen LogP contribution in [-0.4, -0.2) is 45.2 Å². The standard InChI is InChI=1S/C28H31NO4/c1-31-25-18-24(19-26(32-2)27(25)33-3)28(30)29-15-13-21(14-16-29)17-20-9-11-23(12-10-20)22-7-5-4-6-8-22/h4-12,18-19,21H,13-17H2,1-3H3. The molecule has 5 heteroatoms. The molecule has 3 aromatic carbocycles. The molecule has 33 heavy (non-hydrogen) atoms. The molecular weight excluding hydrogens is 414 g/mol. The van der Waals surface area contributed by atoms with E-state index in [-0.39, 0.29) is 5.91 Å². The molecule has 0 aromatic heterocycles. The predicted octanol–water partition coefficient (Wildman–Crippen LogP) is 5.47. The minimum atomic E-state index is -0.0000768. The second-order valence-corrected chi connectivity index (χ2v) is 8.42. The van der Waals surface area contributed by atoms with Gasteiger partial charge in [-0.05, 0) is 54.0 Å². The average Bonchev–Trinajstić information content (AvgIpc) is 2.88. The zero-order chi connectivity index (χ0) is 23.2. The SMILES string of the molecule is COc1cc(C(=O)N2CCC(Cc3ccc(-c4ccccc4)cc3)CC2)cc(OC)c1OC. The summed E-state index contributed by atoms with van der Waals surface area (Å²) in [6.07, 6.45) is 3.04. The van der Waals surface area contributed by atoms with E-state index in [1.807, 2.05) is 11.0 Å². The van der Waals surface area contributed by atoms with Crippen LogP contribution in [0.3, 0.4) is 0 Å². The van der Waals surface area contributed by atoms with Gasteiger partial charge < -0.3 is 19.1 Å². The topological polar surface area (TPSA) is 48.0 Å². The Morgan fingerprint density at radius 3 is 1.94 bits per heavy atom. The van der Waals surface area contributed by atoms with Crippen LogP contribution in [0.1, 0.15) is 28.8 Å². The van der Waals surface area contributed by atoms with Crippen molar-refractivity contribution in [3.05, 3.63) is 77.9 Å². The van der Waals surface area contributed by atoms with E-state index in [1.54, 1.807) is 33.5 Å². The minimum absolute atomic E-state index is 0.0000768. The minimum Gasteiger partial charge on any atom is -0.493 e. The van der Waals surface area contributed by atoms with Crippen LogP contribution >= 0.6 is 0 Å². The highest BCUT2D eigenvalue weighted by atomic mass is 16.5. The van der Waals surface area contributed by atoms with Gasteiger partial charge >= 0.3 is 0 Å². The zero-order valence-corrected chi connectivity index (χ0v) is 19.5. The molecule has 5 nitrogen and oxygen atoms in total. The van der Waals surface area contributed by atoms with E-state index in [9.17, 15) is 4.79 Å². The Balaban J connectivity index is 1.36. The van der Waals surface area contributed by atoms with Crippen molar-refractivity contribution >= 4 is 5.91 Å². The van der Waals surface area contributed by atoms with Gasteiger partial charge in [-0.15, -0.1) is 0 Å². The summed E-state index contributed by atoms with van der Waals surface area (Å²) in [7, 11) is 4.68. The lowest BCUT2D eigenvalue weighted by Crippen LogP contribution is -2.38. The van der Waals surface area contributed by atoms with Crippen molar-refractivity contribution in [1.29, 1.82) is 0 Å². The Bertz CT molecular complexity index is 1050. The average molecular weight is 446 g/mol. The summed E-state index contributed by atoms with van der Waals surface area (Å²) in [4.78, 5) is 15.1. The molecule has 3 aromatic rings. The zero-order valence-electron chi connectivity index (χ0n) is 19.5. The van der Waals surface area contributed by atoms with Crippen LogP contribution < -0.4 is 14.2 Å². The highest BCUT2D eigenvalue weighted by Crippen LogP contribution is 2.38. The summed E-state index contributed by atoms with van der Waals surface area (Å²) in [5, 5.41) is 0. The lowest BCUT2D eigenvalue weighted by atomic mass is 9.89. The molecule has 0 spiro atoms. The van der Waals surface area contributed by atoms with Crippen molar-refractivity contribution in [1.82, 2.24) is 4.90 Å². The van der Waals surface area contributed by atoms with Gasteiger partial charge in [-0.2, -0.15) is 0 Å². The van der Waals surface area contributed by atoms with Gasteiger partial charge in [0.1, 0.15) is 0 Å². The third-order valence-electron chi connectivity index (χ3n) is 6.40. The molecule has 0 N–H and O–H groups in total. The molecule has 172 valence electrons. The van der Waals surface area contributed by atoms with Crippen LogP contribution in [0, 0.1) is 5.92 Å².